The summed E-state index contributed by atoms with van der Waals surface area (Å²) in [5, 5.41) is 2.62. The minimum absolute atomic E-state index is 0.309. The maximum atomic E-state index is 5.23. The fourth-order valence-corrected chi connectivity index (χ4v) is 10.3. The molecule has 0 amide bonds. The van der Waals surface area contributed by atoms with Crippen molar-refractivity contribution >= 4 is 31.5 Å². The molecule has 2 heterocycles. The first-order chi connectivity index (χ1) is 28.1. The quantitative estimate of drug-likeness (QED) is 0.169. The van der Waals surface area contributed by atoms with Crippen LogP contribution >= 0.6 is 11.3 Å². The molecule has 10 aromatic rings. The molecular formula is C54H36N2S. The summed E-state index contributed by atoms with van der Waals surface area (Å²) < 4.78 is 2.63. The van der Waals surface area contributed by atoms with Gasteiger partial charge in [0.1, 0.15) is 0 Å². The fraction of sp³-hybridized carbons (Fsp3) is 0.0370. The van der Waals surface area contributed by atoms with Gasteiger partial charge in [-0.25, -0.2) is 9.97 Å². The summed E-state index contributed by atoms with van der Waals surface area (Å²) in [6.45, 7) is 2.39. The lowest BCUT2D eigenvalue weighted by atomic mass is 9.72. The second-order valence-electron chi connectivity index (χ2n) is 15.0. The van der Waals surface area contributed by atoms with Crippen molar-refractivity contribution in [2.24, 2.45) is 0 Å². The van der Waals surface area contributed by atoms with Gasteiger partial charge in [-0.15, -0.1) is 11.3 Å². The Morgan fingerprint density at radius 1 is 0.404 bits per heavy atom. The highest BCUT2D eigenvalue weighted by atomic mass is 32.1. The Morgan fingerprint density at radius 2 is 0.982 bits per heavy atom. The first kappa shape index (κ1) is 33.4. The minimum Gasteiger partial charge on any atom is -0.228 e. The van der Waals surface area contributed by atoms with E-state index < -0.39 is 0 Å². The van der Waals surface area contributed by atoms with Crippen LogP contribution < -0.4 is 0 Å². The first-order valence-corrected chi connectivity index (χ1v) is 20.3. The van der Waals surface area contributed by atoms with Crippen molar-refractivity contribution in [3.8, 4) is 67.3 Å². The van der Waals surface area contributed by atoms with Crippen LogP contribution in [-0.4, -0.2) is 9.97 Å². The van der Waals surface area contributed by atoms with Gasteiger partial charge in [-0.3, -0.25) is 0 Å². The van der Waals surface area contributed by atoms with Crippen molar-refractivity contribution in [2.75, 3.05) is 0 Å². The van der Waals surface area contributed by atoms with Crippen LogP contribution in [0.1, 0.15) is 23.6 Å². The molecule has 11 rings (SSSR count). The standard InChI is InChI=1S/C54H36N2S/c1-54(40-19-6-3-7-20-40)47-27-10-8-21-43(47)45-25-13-23-41(51(45)54)38-17-12-18-39(33-38)49-34-48(55-53(56-49)37-15-4-2-5-16-37)36-31-29-35(30-32-36)42-24-14-26-46-44-22-9-11-28-50(44)57-52(42)46/h2-34H,1H3. The second-order valence-corrected chi connectivity index (χ2v) is 16.1. The molecule has 0 bridgehead atoms. The van der Waals surface area contributed by atoms with Crippen molar-refractivity contribution in [2.45, 2.75) is 12.3 Å². The molecule has 2 nitrogen and oxygen atoms in total. The number of thiophene rings is 1. The van der Waals surface area contributed by atoms with Crippen molar-refractivity contribution < 1.29 is 0 Å². The zero-order chi connectivity index (χ0) is 37.9. The maximum absolute atomic E-state index is 5.23. The largest absolute Gasteiger partial charge is 0.228 e. The Hall–Kier alpha value is -6.94. The molecule has 0 saturated heterocycles. The summed E-state index contributed by atoms with van der Waals surface area (Å²) in [6.07, 6.45) is 0. The number of hydrogen-bond acceptors (Lipinski definition) is 3. The summed E-state index contributed by atoms with van der Waals surface area (Å²) >= 11 is 1.86. The normalized spacial score (nSPS) is 14.5. The van der Waals surface area contributed by atoms with Crippen molar-refractivity contribution in [1.29, 1.82) is 0 Å². The minimum atomic E-state index is -0.309. The molecule has 1 unspecified atom stereocenters. The van der Waals surface area contributed by atoms with E-state index in [2.05, 4.69) is 189 Å². The molecule has 0 saturated carbocycles. The molecule has 1 aliphatic carbocycles. The van der Waals surface area contributed by atoms with Gasteiger partial charge < -0.3 is 0 Å². The van der Waals surface area contributed by atoms with Gasteiger partial charge in [0.05, 0.1) is 11.4 Å². The van der Waals surface area contributed by atoms with Crippen LogP contribution in [0.2, 0.25) is 0 Å². The van der Waals surface area contributed by atoms with Crippen molar-refractivity contribution in [1.82, 2.24) is 9.97 Å². The van der Waals surface area contributed by atoms with E-state index in [1.54, 1.807) is 0 Å². The zero-order valence-electron chi connectivity index (χ0n) is 31.4. The SMILES string of the molecule is CC1(c2ccccc2)c2ccccc2-c2cccc(-c3cccc(-c4cc(-c5ccc(-c6cccc7c6sc6ccccc67)cc5)nc(-c5ccccc5)n4)c3)c21. The maximum Gasteiger partial charge on any atom is 0.160 e. The molecule has 57 heavy (non-hydrogen) atoms. The zero-order valence-corrected chi connectivity index (χ0v) is 32.2. The Bertz CT molecular complexity index is 3130. The molecule has 0 spiro atoms. The topological polar surface area (TPSA) is 25.8 Å². The molecule has 0 fully saturated rings. The Morgan fingerprint density at radius 3 is 1.82 bits per heavy atom. The number of benzene rings is 8. The van der Waals surface area contributed by atoms with Crippen LogP contribution in [-0.2, 0) is 5.41 Å². The Kier molecular flexibility index (Phi) is 7.84. The molecule has 268 valence electrons. The molecular weight excluding hydrogens is 709 g/mol. The predicted molar refractivity (Wildman–Crippen MR) is 240 cm³/mol. The number of fused-ring (bicyclic) bond motifs is 6. The number of hydrogen-bond donors (Lipinski definition) is 0. The molecule has 3 heteroatoms. The lowest BCUT2D eigenvalue weighted by Crippen LogP contribution is -2.23. The van der Waals surface area contributed by atoms with Crippen LogP contribution in [0, 0.1) is 0 Å². The third-order valence-electron chi connectivity index (χ3n) is 11.8. The van der Waals surface area contributed by atoms with E-state index in [1.165, 1.54) is 70.2 Å². The smallest absolute Gasteiger partial charge is 0.160 e. The molecule has 0 aliphatic heterocycles. The highest BCUT2D eigenvalue weighted by Gasteiger charge is 2.42. The summed E-state index contributed by atoms with van der Waals surface area (Å²) in [6, 6.07) is 72.1. The van der Waals surface area contributed by atoms with E-state index in [-0.39, 0.29) is 5.41 Å². The van der Waals surface area contributed by atoms with Crippen molar-refractivity contribution in [3.63, 3.8) is 0 Å². The average Bonchev–Trinajstić information content (AvgIpc) is 3.80. The number of aromatic nitrogens is 2. The van der Waals surface area contributed by atoms with E-state index in [9.17, 15) is 0 Å². The first-order valence-electron chi connectivity index (χ1n) is 19.5. The lowest BCUT2D eigenvalue weighted by molar-refractivity contribution is 0.716. The van der Waals surface area contributed by atoms with Gasteiger partial charge in [0, 0.05) is 42.3 Å². The Labute approximate surface area is 336 Å². The second kappa shape index (κ2) is 13.4. The van der Waals surface area contributed by atoms with E-state index >= 15 is 0 Å². The molecule has 8 aromatic carbocycles. The van der Waals surface area contributed by atoms with Gasteiger partial charge in [0.15, 0.2) is 5.82 Å². The third kappa shape index (κ3) is 5.46. The summed E-state index contributed by atoms with van der Waals surface area (Å²) in [4.78, 5) is 10.4. The van der Waals surface area contributed by atoms with E-state index in [4.69, 9.17) is 9.97 Å². The highest BCUT2D eigenvalue weighted by Crippen LogP contribution is 2.55. The van der Waals surface area contributed by atoms with E-state index in [1.807, 2.05) is 29.5 Å². The predicted octanol–water partition coefficient (Wildman–Crippen LogP) is 14.5. The van der Waals surface area contributed by atoms with Crippen LogP contribution in [0.25, 0.3) is 87.5 Å². The fourth-order valence-electron chi connectivity index (χ4n) is 9.02. The number of rotatable bonds is 6. The van der Waals surface area contributed by atoms with Crippen LogP contribution in [0.3, 0.4) is 0 Å². The Balaban J connectivity index is 1.03. The average molecular weight is 745 g/mol. The molecule has 0 radical (unpaired) electrons. The third-order valence-corrected chi connectivity index (χ3v) is 13.0. The van der Waals surface area contributed by atoms with Gasteiger partial charge in [0.2, 0.25) is 0 Å². The molecule has 2 aromatic heterocycles. The van der Waals surface area contributed by atoms with Gasteiger partial charge in [-0.1, -0.05) is 182 Å². The highest BCUT2D eigenvalue weighted by molar-refractivity contribution is 7.26. The molecule has 1 atom stereocenters. The van der Waals surface area contributed by atoms with E-state index in [0.29, 0.717) is 5.82 Å². The van der Waals surface area contributed by atoms with Crippen LogP contribution in [0.15, 0.2) is 200 Å². The van der Waals surface area contributed by atoms with Crippen LogP contribution in [0.5, 0.6) is 0 Å². The van der Waals surface area contributed by atoms with Crippen molar-refractivity contribution in [3.05, 3.63) is 217 Å². The van der Waals surface area contributed by atoms with E-state index in [0.717, 1.165) is 28.1 Å². The van der Waals surface area contributed by atoms with Gasteiger partial charge >= 0.3 is 0 Å². The van der Waals surface area contributed by atoms with Gasteiger partial charge in [0.25, 0.3) is 0 Å². The number of nitrogens with zero attached hydrogens (tertiary/aromatic N) is 2. The monoisotopic (exact) mass is 744 g/mol. The molecule has 1 aliphatic rings. The van der Waals surface area contributed by atoms with Crippen LogP contribution in [0.4, 0.5) is 0 Å². The van der Waals surface area contributed by atoms with Gasteiger partial charge in [-0.2, -0.15) is 0 Å². The summed E-state index contributed by atoms with van der Waals surface area (Å²) in [7, 11) is 0. The van der Waals surface area contributed by atoms with Gasteiger partial charge in [-0.05, 0) is 75.2 Å². The summed E-state index contributed by atoms with van der Waals surface area (Å²) in [5.74, 6) is 0.709. The molecule has 0 N–H and O–H groups in total. The lowest BCUT2D eigenvalue weighted by Gasteiger charge is -2.30. The summed E-state index contributed by atoms with van der Waals surface area (Å²) in [5.41, 5.74) is 16.0.